The molecule has 0 spiro atoms. The molecule has 2 aromatic rings. The van der Waals surface area contributed by atoms with Crippen molar-refractivity contribution in [3.05, 3.63) is 24.0 Å². The maximum Gasteiger partial charge on any atom is 0.295 e. The zero-order chi connectivity index (χ0) is 15.0. The molecule has 0 saturated carbocycles. The van der Waals surface area contributed by atoms with Crippen LogP contribution >= 0.6 is 0 Å². The minimum absolute atomic E-state index is 0.0432. The van der Waals surface area contributed by atoms with E-state index in [-0.39, 0.29) is 17.3 Å². The average molecular weight is 300 g/mol. The van der Waals surface area contributed by atoms with Gasteiger partial charge in [-0.05, 0) is 17.5 Å². The molecule has 1 N–H and O–H groups in total. The molecule has 0 aliphatic carbocycles. The molecule has 1 aromatic heterocycles. The highest BCUT2D eigenvalue weighted by molar-refractivity contribution is 7.90. The summed E-state index contributed by atoms with van der Waals surface area (Å²) >= 11 is 0. The molecule has 0 aliphatic rings. The van der Waals surface area contributed by atoms with Crippen LogP contribution < -0.4 is 5.32 Å². The average Bonchev–Trinajstić information content (AvgIpc) is 2.68. The van der Waals surface area contributed by atoms with Crippen LogP contribution in [0.5, 0.6) is 0 Å². The fraction of sp³-hybridized carbons (Fsp3) is 0.462. The van der Waals surface area contributed by atoms with Gasteiger partial charge >= 0.3 is 0 Å². The van der Waals surface area contributed by atoms with Gasteiger partial charge in [-0.2, -0.15) is 4.98 Å². The number of rotatable bonds is 5. The van der Waals surface area contributed by atoms with E-state index in [1.165, 1.54) is 12.3 Å². The summed E-state index contributed by atoms with van der Waals surface area (Å²) in [4.78, 5) is 4.01. The van der Waals surface area contributed by atoms with Crippen molar-refractivity contribution < 1.29 is 17.2 Å². The van der Waals surface area contributed by atoms with Gasteiger partial charge in [0.15, 0.2) is 11.4 Å². The summed E-state index contributed by atoms with van der Waals surface area (Å²) in [6, 6.07) is 4.66. The molecule has 7 heteroatoms. The van der Waals surface area contributed by atoms with E-state index in [2.05, 4.69) is 10.3 Å². The first-order valence-electron chi connectivity index (χ1n) is 6.13. The van der Waals surface area contributed by atoms with Crippen LogP contribution in [0.2, 0.25) is 0 Å². The van der Waals surface area contributed by atoms with Gasteiger partial charge in [-0.3, -0.25) is 0 Å². The molecule has 0 bridgehead atoms. The van der Waals surface area contributed by atoms with E-state index in [0.29, 0.717) is 12.1 Å². The lowest BCUT2D eigenvalue weighted by atomic mass is 9.97. The van der Waals surface area contributed by atoms with Gasteiger partial charge in [0.25, 0.3) is 6.01 Å². The summed E-state index contributed by atoms with van der Waals surface area (Å²) in [6.45, 7) is 4.00. The van der Waals surface area contributed by atoms with Crippen LogP contribution in [0.1, 0.15) is 13.8 Å². The zero-order valence-corrected chi connectivity index (χ0v) is 12.4. The largest absolute Gasteiger partial charge is 0.423 e. The van der Waals surface area contributed by atoms with Crippen LogP contribution in [0.15, 0.2) is 22.6 Å². The van der Waals surface area contributed by atoms with Gasteiger partial charge in [-0.1, -0.05) is 19.9 Å². The highest BCUT2D eigenvalue weighted by Gasteiger charge is 2.24. The summed E-state index contributed by atoms with van der Waals surface area (Å²) in [6.07, 6.45) is 1.20. The smallest absolute Gasteiger partial charge is 0.295 e. The summed E-state index contributed by atoms with van der Waals surface area (Å²) < 4.78 is 41.5. The number of fused-ring (bicyclic) bond motifs is 1. The molecule has 20 heavy (non-hydrogen) atoms. The van der Waals surface area contributed by atoms with Crippen molar-refractivity contribution in [2.24, 2.45) is 5.41 Å². The lowest BCUT2D eigenvalue weighted by Crippen LogP contribution is -2.30. The van der Waals surface area contributed by atoms with Crippen molar-refractivity contribution in [1.29, 1.82) is 0 Å². The fourth-order valence-corrected chi connectivity index (χ4v) is 3.59. The monoisotopic (exact) mass is 300 g/mol. The number of oxazole rings is 1. The SMILES string of the molecule is CC(C)(CNc1nc2c(F)cccc2o1)CS(C)(=O)=O. The normalized spacial score (nSPS) is 12.8. The van der Waals surface area contributed by atoms with Crippen LogP contribution in [0.3, 0.4) is 0 Å². The quantitative estimate of drug-likeness (QED) is 0.918. The van der Waals surface area contributed by atoms with E-state index in [0.717, 1.165) is 0 Å². The Morgan fingerprint density at radius 1 is 1.40 bits per heavy atom. The molecule has 5 nitrogen and oxygen atoms in total. The lowest BCUT2D eigenvalue weighted by molar-refractivity contribution is 0.433. The lowest BCUT2D eigenvalue weighted by Gasteiger charge is -2.23. The first kappa shape index (κ1) is 14.8. The first-order chi connectivity index (χ1) is 9.16. The van der Waals surface area contributed by atoms with Crippen LogP contribution in [0.25, 0.3) is 11.1 Å². The topological polar surface area (TPSA) is 72.2 Å². The van der Waals surface area contributed by atoms with Crippen LogP contribution in [0, 0.1) is 11.2 Å². The molecular formula is C13H17FN2O3S. The van der Waals surface area contributed by atoms with Gasteiger partial charge in [-0.15, -0.1) is 0 Å². The second-order valence-electron chi connectivity index (χ2n) is 5.69. The van der Waals surface area contributed by atoms with Gasteiger partial charge in [0, 0.05) is 12.8 Å². The van der Waals surface area contributed by atoms with E-state index in [1.54, 1.807) is 12.1 Å². The number of para-hydroxylation sites is 1. The van der Waals surface area contributed by atoms with E-state index in [4.69, 9.17) is 4.42 Å². The number of aromatic nitrogens is 1. The Morgan fingerprint density at radius 3 is 2.70 bits per heavy atom. The van der Waals surface area contributed by atoms with Crippen molar-refractivity contribution in [3.8, 4) is 0 Å². The molecule has 1 aromatic carbocycles. The minimum Gasteiger partial charge on any atom is -0.423 e. The molecule has 0 unspecified atom stereocenters. The molecule has 0 saturated heterocycles. The first-order valence-corrected chi connectivity index (χ1v) is 8.19. The van der Waals surface area contributed by atoms with Crippen molar-refractivity contribution >= 4 is 27.0 Å². The van der Waals surface area contributed by atoms with Crippen molar-refractivity contribution in [3.63, 3.8) is 0 Å². The van der Waals surface area contributed by atoms with E-state index >= 15 is 0 Å². The predicted octanol–water partition coefficient (Wildman–Crippen LogP) is 2.45. The standard InChI is InChI=1S/C13H17FN2O3S/c1-13(2,8-20(3,17)18)7-15-12-16-11-9(14)5-4-6-10(11)19-12/h4-6H,7-8H2,1-3H3,(H,15,16). The van der Waals surface area contributed by atoms with Crippen LogP contribution in [0.4, 0.5) is 10.4 Å². The predicted molar refractivity (Wildman–Crippen MR) is 75.9 cm³/mol. The summed E-state index contributed by atoms with van der Waals surface area (Å²) in [5.74, 6) is -0.406. The third-order valence-corrected chi connectivity index (χ3v) is 4.05. The molecule has 0 aliphatic heterocycles. The van der Waals surface area contributed by atoms with Gasteiger partial charge in [0.2, 0.25) is 0 Å². The van der Waals surface area contributed by atoms with Crippen molar-refractivity contribution in [2.45, 2.75) is 13.8 Å². The number of nitrogens with one attached hydrogen (secondary N) is 1. The molecule has 0 atom stereocenters. The Balaban J connectivity index is 2.11. The van der Waals surface area contributed by atoms with E-state index in [9.17, 15) is 12.8 Å². The summed E-state index contributed by atoms with van der Waals surface area (Å²) in [7, 11) is -3.07. The third-order valence-electron chi connectivity index (χ3n) is 2.74. The number of nitrogens with zero attached hydrogens (tertiary/aromatic N) is 1. The van der Waals surface area contributed by atoms with Crippen molar-refractivity contribution in [1.82, 2.24) is 4.98 Å². The molecule has 1 heterocycles. The Hall–Kier alpha value is -1.63. The second kappa shape index (κ2) is 5.05. The van der Waals surface area contributed by atoms with Gasteiger partial charge in [0.1, 0.15) is 15.4 Å². The third kappa shape index (κ3) is 3.69. The van der Waals surface area contributed by atoms with Crippen LogP contribution in [-0.2, 0) is 9.84 Å². The fourth-order valence-electron chi connectivity index (χ4n) is 2.07. The highest BCUT2D eigenvalue weighted by Crippen LogP contribution is 2.23. The number of sulfone groups is 1. The maximum absolute atomic E-state index is 13.5. The molecule has 2 rings (SSSR count). The molecule has 0 amide bonds. The minimum atomic E-state index is -3.07. The Bertz CT molecular complexity index is 722. The number of halogens is 1. The van der Waals surface area contributed by atoms with Crippen LogP contribution in [-0.4, -0.2) is 32.0 Å². The Labute approximate surface area is 117 Å². The van der Waals surface area contributed by atoms with Gasteiger partial charge < -0.3 is 9.73 Å². The summed E-state index contributed by atoms with van der Waals surface area (Å²) in [5.41, 5.74) is 0.0385. The number of benzene rings is 1. The second-order valence-corrected chi connectivity index (χ2v) is 7.83. The zero-order valence-electron chi connectivity index (χ0n) is 11.6. The van der Waals surface area contributed by atoms with Crippen molar-refractivity contribution in [2.75, 3.05) is 23.9 Å². The van der Waals surface area contributed by atoms with E-state index in [1.807, 2.05) is 13.8 Å². The van der Waals surface area contributed by atoms with Gasteiger partial charge in [0.05, 0.1) is 5.75 Å². The maximum atomic E-state index is 13.5. The number of hydrogen-bond donors (Lipinski definition) is 1. The molecule has 0 radical (unpaired) electrons. The molecule has 0 fully saturated rings. The number of anilines is 1. The highest BCUT2D eigenvalue weighted by atomic mass is 32.2. The molecular weight excluding hydrogens is 283 g/mol. The van der Waals surface area contributed by atoms with Gasteiger partial charge in [-0.25, -0.2) is 12.8 Å². The Morgan fingerprint density at radius 2 is 2.10 bits per heavy atom. The Kier molecular flexibility index (Phi) is 3.73. The van der Waals surface area contributed by atoms with E-state index < -0.39 is 21.1 Å². The summed E-state index contributed by atoms with van der Waals surface area (Å²) in [5, 5.41) is 2.92. The molecule has 110 valence electrons. The number of hydrogen-bond acceptors (Lipinski definition) is 5.